The van der Waals surface area contributed by atoms with Gasteiger partial charge in [-0.15, -0.1) is 11.3 Å². The summed E-state index contributed by atoms with van der Waals surface area (Å²) in [5.74, 6) is -0.297. The molecule has 0 saturated heterocycles. The maximum absolute atomic E-state index is 12.6. The summed E-state index contributed by atoms with van der Waals surface area (Å²) < 4.78 is 23.0. The van der Waals surface area contributed by atoms with Crippen molar-refractivity contribution in [1.82, 2.24) is 0 Å². The number of carbonyl (C=O) groups excluding carboxylic acids is 1. The van der Waals surface area contributed by atoms with Crippen molar-refractivity contribution >= 4 is 38.7 Å². The zero-order valence-electron chi connectivity index (χ0n) is 12.3. The summed E-state index contributed by atoms with van der Waals surface area (Å²) in [5.41, 5.74) is 1.69. The number of carbonyl (C=O) groups is 1. The van der Waals surface area contributed by atoms with E-state index >= 15 is 0 Å². The maximum Gasteiger partial charge on any atom is 0.239 e. The van der Waals surface area contributed by atoms with Crippen molar-refractivity contribution < 1.29 is 13.2 Å². The fraction of sp³-hybridized carbons (Fsp3) is 0. The second kappa shape index (κ2) is 6.49. The van der Waals surface area contributed by atoms with Gasteiger partial charge in [0.15, 0.2) is 5.78 Å². The van der Waals surface area contributed by atoms with Gasteiger partial charge in [-0.3, -0.25) is 4.79 Å². The molecule has 0 atom stereocenters. The molecule has 0 spiro atoms. The molecular formula is C17H12ClNO3S2. The van der Waals surface area contributed by atoms with Crippen LogP contribution < -0.4 is 5.14 Å². The van der Waals surface area contributed by atoms with Crippen LogP contribution >= 0.6 is 22.9 Å². The van der Waals surface area contributed by atoms with Gasteiger partial charge in [-0.1, -0.05) is 41.9 Å². The topological polar surface area (TPSA) is 77.2 Å². The third kappa shape index (κ3) is 3.42. The van der Waals surface area contributed by atoms with Crippen molar-refractivity contribution in [2.24, 2.45) is 5.14 Å². The molecule has 1 heterocycles. The molecule has 4 nitrogen and oxygen atoms in total. The van der Waals surface area contributed by atoms with Crippen molar-refractivity contribution in [2.45, 2.75) is 4.90 Å². The minimum Gasteiger partial charge on any atom is -0.289 e. The van der Waals surface area contributed by atoms with Crippen molar-refractivity contribution in [1.29, 1.82) is 0 Å². The Morgan fingerprint density at radius 2 is 1.67 bits per heavy atom. The summed E-state index contributed by atoms with van der Waals surface area (Å²) in [5, 5.41) is 7.09. The monoisotopic (exact) mass is 377 g/mol. The van der Waals surface area contributed by atoms with Crippen LogP contribution in [0, 0.1) is 0 Å². The first-order valence-electron chi connectivity index (χ1n) is 6.87. The Kier molecular flexibility index (Phi) is 4.56. The van der Waals surface area contributed by atoms with E-state index in [1.54, 1.807) is 23.5 Å². The number of sulfonamides is 1. The molecule has 0 aliphatic carbocycles. The average molecular weight is 378 g/mol. The molecule has 2 N–H and O–H groups in total. The largest absolute Gasteiger partial charge is 0.289 e. The first-order chi connectivity index (χ1) is 11.4. The molecule has 1 aromatic heterocycles. The van der Waals surface area contributed by atoms with Crippen LogP contribution in [-0.4, -0.2) is 14.2 Å². The summed E-state index contributed by atoms with van der Waals surface area (Å²) >= 11 is 7.45. The lowest BCUT2D eigenvalue weighted by atomic mass is 10.0. The molecule has 0 aliphatic rings. The molecule has 3 aromatic rings. The van der Waals surface area contributed by atoms with Crippen LogP contribution in [0.1, 0.15) is 15.9 Å². The van der Waals surface area contributed by atoms with E-state index < -0.39 is 10.0 Å². The van der Waals surface area contributed by atoms with E-state index in [0.29, 0.717) is 5.56 Å². The minimum absolute atomic E-state index is 0.0120. The highest BCUT2D eigenvalue weighted by Gasteiger charge is 2.17. The van der Waals surface area contributed by atoms with Crippen LogP contribution in [0.4, 0.5) is 0 Å². The van der Waals surface area contributed by atoms with Gasteiger partial charge >= 0.3 is 0 Å². The molecule has 0 aliphatic heterocycles. The number of nitrogens with two attached hydrogens (primary N) is 1. The second-order valence-electron chi connectivity index (χ2n) is 5.07. The third-order valence-corrected chi connectivity index (χ3v) is 5.76. The van der Waals surface area contributed by atoms with Crippen LogP contribution in [0.15, 0.2) is 64.9 Å². The van der Waals surface area contributed by atoms with Crippen molar-refractivity contribution in [3.8, 4) is 10.4 Å². The van der Waals surface area contributed by atoms with Crippen molar-refractivity contribution in [3.05, 3.63) is 76.1 Å². The van der Waals surface area contributed by atoms with E-state index in [9.17, 15) is 13.2 Å². The first kappa shape index (κ1) is 16.9. The molecule has 0 unspecified atom stereocenters. The molecule has 0 radical (unpaired) electrons. The zero-order valence-corrected chi connectivity index (χ0v) is 14.7. The van der Waals surface area contributed by atoms with Gasteiger partial charge in [0, 0.05) is 16.0 Å². The molecule has 0 fully saturated rings. The van der Waals surface area contributed by atoms with Gasteiger partial charge in [0.1, 0.15) is 4.90 Å². The molecule has 24 heavy (non-hydrogen) atoms. The highest BCUT2D eigenvalue weighted by Crippen LogP contribution is 2.26. The van der Waals surface area contributed by atoms with Crippen LogP contribution in [0.3, 0.4) is 0 Å². The fourth-order valence-corrected chi connectivity index (χ4v) is 4.06. The van der Waals surface area contributed by atoms with E-state index in [2.05, 4.69) is 0 Å². The Morgan fingerprint density at radius 3 is 2.25 bits per heavy atom. The molecule has 122 valence electrons. The highest BCUT2D eigenvalue weighted by molar-refractivity contribution is 7.89. The van der Waals surface area contributed by atoms with Crippen LogP contribution in [0.2, 0.25) is 5.02 Å². The number of thiophene rings is 1. The van der Waals surface area contributed by atoms with Crippen LogP contribution in [0.5, 0.6) is 0 Å². The Hall–Kier alpha value is -1.99. The summed E-state index contributed by atoms with van der Waals surface area (Å²) in [6, 6.07) is 15.1. The molecule has 0 bridgehead atoms. The summed E-state index contributed by atoms with van der Waals surface area (Å²) in [6.07, 6.45) is 0. The van der Waals surface area contributed by atoms with Gasteiger partial charge in [-0.05, 0) is 35.2 Å². The van der Waals surface area contributed by atoms with Gasteiger partial charge in [-0.25, -0.2) is 13.6 Å². The van der Waals surface area contributed by atoms with Gasteiger partial charge in [0.05, 0.1) is 5.02 Å². The van der Waals surface area contributed by atoms with E-state index in [-0.39, 0.29) is 21.3 Å². The second-order valence-corrected chi connectivity index (χ2v) is 7.96. The number of ketones is 1. The number of rotatable bonds is 4. The predicted octanol–water partition coefficient (Wildman–Crippen LogP) is 3.95. The zero-order chi connectivity index (χ0) is 17.3. The standard InChI is InChI=1S/C17H12ClNO3S2/c18-14-8-7-13(10-16(14)24(19,21)22)17(20)12-5-3-11(4-6-12)15-2-1-9-23-15/h1-10H,(H2,19,21,22). The molecule has 0 saturated carbocycles. The Morgan fingerprint density at radius 1 is 1.00 bits per heavy atom. The van der Waals surface area contributed by atoms with Gasteiger partial charge in [0.25, 0.3) is 0 Å². The van der Waals surface area contributed by atoms with E-state index in [1.807, 2.05) is 29.6 Å². The molecular weight excluding hydrogens is 366 g/mol. The van der Waals surface area contributed by atoms with E-state index in [0.717, 1.165) is 10.4 Å². The van der Waals surface area contributed by atoms with Gasteiger partial charge in [-0.2, -0.15) is 0 Å². The third-order valence-electron chi connectivity index (χ3n) is 3.45. The van der Waals surface area contributed by atoms with E-state index in [4.69, 9.17) is 16.7 Å². The molecule has 7 heteroatoms. The molecule has 0 amide bonds. The van der Waals surface area contributed by atoms with Crippen LogP contribution in [0.25, 0.3) is 10.4 Å². The number of hydrogen-bond donors (Lipinski definition) is 1. The summed E-state index contributed by atoms with van der Waals surface area (Å²) in [7, 11) is -3.99. The summed E-state index contributed by atoms with van der Waals surface area (Å²) in [4.78, 5) is 13.4. The lowest BCUT2D eigenvalue weighted by Gasteiger charge is -2.06. The molecule has 2 aromatic carbocycles. The minimum atomic E-state index is -3.99. The Bertz CT molecular complexity index is 995. The number of benzene rings is 2. The quantitative estimate of drug-likeness (QED) is 0.699. The van der Waals surface area contributed by atoms with Crippen molar-refractivity contribution in [2.75, 3.05) is 0 Å². The van der Waals surface area contributed by atoms with Gasteiger partial charge < -0.3 is 0 Å². The Labute approximate surface area is 148 Å². The number of hydrogen-bond acceptors (Lipinski definition) is 4. The number of halogens is 1. The lowest BCUT2D eigenvalue weighted by Crippen LogP contribution is -2.14. The molecule has 3 rings (SSSR count). The Balaban J connectivity index is 1.95. The highest BCUT2D eigenvalue weighted by atomic mass is 35.5. The van der Waals surface area contributed by atoms with Crippen LogP contribution in [-0.2, 0) is 10.0 Å². The average Bonchev–Trinajstić information content (AvgIpc) is 3.08. The SMILES string of the molecule is NS(=O)(=O)c1cc(C(=O)c2ccc(-c3cccs3)cc2)ccc1Cl. The lowest BCUT2D eigenvalue weighted by molar-refractivity contribution is 0.103. The summed E-state index contributed by atoms with van der Waals surface area (Å²) in [6.45, 7) is 0. The predicted molar refractivity (Wildman–Crippen MR) is 96.0 cm³/mol. The van der Waals surface area contributed by atoms with Gasteiger partial charge in [0.2, 0.25) is 10.0 Å². The normalized spacial score (nSPS) is 11.4. The van der Waals surface area contributed by atoms with Crippen molar-refractivity contribution in [3.63, 3.8) is 0 Å². The maximum atomic E-state index is 12.6. The van der Waals surface area contributed by atoms with E-state index in [1.165, 1.54) is 18.2 Å². The first-order valence-corrected chi connectivity index (χ1v) is 9.67. The number of primary sulfonamides is 1. The smallest absolute Gasteiger partial charge is 0.239 e. The fourth-order valence-electron chi connectivity index (χ4n) is 2.26.